The summed E-state index contributed by atoms with van der Waals surface area (Å²) in [4.78, 5) is 9.81. The van der Waals surface area contributed by atoms with Gasteiger partial charge >= 0.3 is 0 Å². The van der Waals surface area contributed by atoms with Crippen LogP contribution in [0.3, 0.4) is 0 Å². The van der Waals surface area contributed by atoms with E-state index in [1.807, 2.05) is 30.4 Å². The molecule has 1 aromatic carbocycles. The topological polar surface area (TPSA) is 78.4 Å². The lowest BCUT2D eigenvalue weighted by Crippen LogP contribution is -2.46. The second-order valence-corrected chi connectivity index (χ2v) is 8.48. The molecule has 1 aliphatic heterocycles. The Hall–Kier alpha value is -2.29. The van der Waals surface area contributed by atoms with Crippen LogP contribution in [0.2, 0.25) is 0 Å². The number of aryl methyl sites for hydroxylation is 1. The molecule has 0 aliphatic carbocycles. The number of hydrogen-bond acceptors (Lipinski definition) is 6. The maximum absolute atomic E-state index is 10.3. The van der Waals surface area contributed by atoms with Gasteiger partial charge in [0.05, 0.1) is 32.9 Å². The Morgan fingerprint density at radius 3 is 2.73 bits per heavy atom. The van der Waals surface area contributed by atoms with Gasteiger partial charge in [-0.2, -0.15) is 0 Å². The summed E-state index contributed by atoms with van der Waals surface area (Å²) >= 11 is 1.84. The average molecular weight is 433 g/mol. The maximum Gasteiger partial charge on any atom is 0.191 e. The van der Waals surface area contributed by atoms with Crippen molar-refractivity contribution in [2.75, 3.05) is 46.5 Å². The van der Waals surface area contributed by atoms with Crippen molar-refractivity contribution in [3.63, 3.8) is 0 Å². The minimum atomic E-state index is 0.139. The Bertz CT molecular complexity index is 834. The Morgan fingerprint density at radius 2 is 2.07 bits per heavy atom. The Balaban J connectivity index is 1.71. The molecule has 1 aromatic heterocycles. The van der Waals surface area contributed by atoms with Crippen molar-refractivity contribution in [1.82, 2.24) is 15.5 Å². The molecule has 1 unspecified atom stereocenters. The highest BCUT2D eigenvalue weighted by molar-refractivity contribution is 7.12. The molecule has 8 heteroatoms. The number of benzene rings is 1. The molecule has 3 N–H and O–H groups in total. The van der Waals surface area contributed by atoms with Gasteiger partial charge in [0.15, 0.2) is 17.5 Å². The van der Waals surface area contributed by atoms with E-state index in [0.717, 1.165) is 50.9 Å². The van der Waals surface area contributed by atoms with Crippen molar-refractivity contribution in [3.05, 3.63) is 45.6 Å². The number of nitrogens with one attached hydrogen (secondary N) is 2. The summed E-state index contributed by atoms with van der Waals surface area (Å²) in [5, 5.41) is 17.1. The van der Waals surface area contributed by atoms with E-state index in [2.05, 4.69) is 39.6 Å². The Morgan fingerprint density at radius 1 is 1.27 bits per heavy atom. The number of rotatable bonds is 8. The van der Waals surface area contributed by atoms with Crippen LogP contribution in [-0.4, -0.2) is 62.5 Å². The van der Waals surface area contributed by atoms with E-state index in [1.165, 1.54) is 9.75 Å². The molecule has 0 amide bonds. The molecule has 0 spiro atoms. The van der Waals surface area contributed by atoms with Crippen LogP contribution in [0.25, 0.3) is 0 Å². The second kappa shape index (κ2) is 11.2. The lowest BCUT2D eigenvalue weighted by Gasteiger charge is -2.34. The van der Waals surface area contributed by atoms with Gasteiger partial charge in [0, 0.05) is 41.5 Å². The number of nitrogens with zero attached hydrogens (tertiary/aromatic N) is 2. The van der Waals surface area contributed by atoms with Crippen LogP contribution in [0.5, 0.6) is 11.5 Å². The van der Waals surface area contributed by atoms with Gasteiger partial charge < -0.3 is 25.2 Å². The normalized spacial score (nSPS) is 16.3. The van der Waals surface area contributed by atoms with Crippen LogP contribution in [0, 0.1) is 6.92 Å². The molecule has 0 radical (unpaired) electrons. The van der Waals surface area contributed by atoms with Gasteiger partial charge in [-0.15, -0.1) is 11.3 Å². The summed E-state index contributed by atoms with van der Waals surface area (Å²) in [6.45, 7) is 9.44. The zero-order valence-electron chi connectivity index (χ0n) is 18.0. The second-order valence-electron chi connectivity index (χ2n) is 7.16. The van der Waals surface area contributed by atoms with Gasteiger partial charge in [0.2, 0.25) is 0 Å². The van der Waals surface area contributed by atoms with Crippen molar-refractivity contribution in [1.29, 1.82) is 0 Å². The summed E-state index contributed by atoms with van der Waals surface area (Å²) in [7, 11) is 1.55. The number of hydrogen-bond donors (Lipinski definition) is 3. The van der Waals surface area contributed by atoms with Crippen LogP contribution >= 0.6 is 11.3 Å². The standard InChI is InChI=1S/C22H32N4O3S/c1-4-23-22(24-14-17-6-5-7-19(28-3)21(17)27)25-15-18(20-9-8-16(2)30-20)26-10-12-29-13-11-26/h5-9,18,27H,4,10-15H2,1-3H3,(H2,23,24,25). The Kier molecular flexibility index (Phi) is 8.36. The van der Waals surface area contributed by atoms with Gasteiger partial charge in [-0.1, -0.05) is 12.1 Å². The fourth-order valence-corrected chi connectivity index (χ4v) is 4.50. The predicted molar refractivity (Wildman–Crippen MR) is 122 cm³/mol. The average Bonchev–Trinajstić information content (AvgIpc) is 3.19. The molecule has 0 saturated carbocycles. The molecular weight excluding hydrogens is 400 g/mol. The Labute approximate surface area is 182 Å². The zero-order chi connectivity index (χ0) is 21.3. The molecule has 1 fully saturated rings. The summed E-state index contributed by atoms with van der Waals surface area (Å²) in [5.74, 6) is 1.33. The minimum absolute atomic E-state index is 0.139. The van der Waals surface area contributed by atoms with Crippen molar-refractivity contribution >= 4 is 17.3 Å². The van der Waals surface area contributed by atoms with Crippen LogP contribution in [0.1, 0.15) is 28.3 Å². The number of methoxy groups -OCH3 is 1. The fourth-order valence-electron chi connectivity index (χ4n) is 3.49. The number of aromatic hydroxyl groups is 1. The van der Waals surface area contributed by atoms with E-state index in [1.54, 1.807) is 13.2 Å². The summed E-state index contributed by atoms with van der Waals surface area (Å²) < 4.78 is 10.7. The molecule has 30 heavy (non-hydrogen) atoms. The summed E-state index contributed by atoms with van der Waals surface area (Å²) in [6.07, 6.45) is 0. The van der Waals surface area contributed by atoms with Crippen molar-refractivity contribution < 1.29 is 14.6 Å². The van der Waals surface area contributed by atoms with E-state index >= 15 is 0 Å². The van der Waals surface area contributed by atoms with Gasteiger partial charge in [-0.25, -0.2) is 4.99 Å². The third kappa shape index (κ3) is 5.87. The largest absolute Gasteiger partial charge is 0.504 e. The van der Waals surface area contributed by atoms with E-state index in [9.17, 15) is 5.11 Å². The lowest BCUT2D eigenvalue weighted by molar-refractivity contribution is 0.0177. The first-order chi connectivity index (χ1) is 14.6. The minimum Gasteiger partial charge on any atom is -0.504 e. The number of para-hydroxylation sites is 1. The molecule has 3 rings (SSSR count). The third-order valence-electron chi connectivity index (χ3n) is 5.09. The lowest BCUT2D eigenvalue weighted by atomic mass is 10.2. The van der Waals surface area contributed by atoms with Gasteiger partial charge in [-0.05, 0) is 32.0 Å². The maximum atomic E-state index is 10.3. The SMILES string of the molecule is CCNC(=NCc1cccc(OC)c1O)NCC(c1ccc(C)s1)N1CCOCC1. The van der Waals surface area contributed by atoms with Crippen LogP contribution in [-0.2, 0) is 11.3 Å². The van der Waals surface area contributed by atoms with Gasteiger partial charge in [0.25, 0.3) is 0 Å². The molecule has 7 nitrogen and oxygen atoms in total. The van der Waals surface area contributed by atoms with Crippen molar-refractivity contribution in [3.8, 4) is 11.5 Å². The van der Waals surface area contributed by atoms with Gasteiger partial charge in [0.1, 0.15) is 0 Å². The number of phenolic OH excluding ortho intramolecular Hbond substituents is 1. The number of guanidine groups is 1. The molecular formula is C22H32N4O3S. The molecule has 1 saturated heterocycles. The quantitative estimate of drug-likeness (QED) is 0.440. The highest BCUT2D eigenvalue weighted by Gasteiger charge is 2.24. The fraction of sp³-hybridized carbons (Fsp3) is 0.500. The highest BCUT2D eigenvalue weighted by Crippen LogP contribution is 2.30. The van der Waals surface area contributed by atoms with E-state index < -0.39 is 0 Å². The molecule has 1 aliphatic rings. The molecule has 2 heterocycles. The van der Waals surface area contributed by atoms with E-state index in [4.69, 9.17) is 9.47 Å². The molecule has 164 valence electrons. The number of thiophene rings is 1. The van der Waals surface area contributed by atoms with E-state index in [0.29, 0.717) is 12.3 Å². The number of phenols is 1. The van der Waals surface area contributed by atoms with Gasteiger partial charge in [-0.3, -0.25) is 4.90 Å². The van der Waals surface area contributed by atoms with Crippen molar-refractivity contribution in [2.24, 2.45) is 4.99 Å². The smallest absolute Gasteiger partial charge is 0.191 e. The van der Waals surface area contributed by atoms with Crippen LogP contribution < -0.4 is 15.4 Å². The van der Waals surface area contributed by atoms with Crippen LogP contribution in [0.15, 0.2) is 35.3 Å². The molecule has 1 atom stereocenters. The van der Waals surface area contributed by atoms with Crippen LogP contribution in [0.4, 0.5) is 0 Å². The number of ether oxygens (including phenoxy) is 2. The van der Waals surface area contributed by atoms with Crippen molar-refractivity contribution in [2.45, 2.75) is 26.4 Å². The molecule has 0 bridgehead atoms. The summed E-state index contributed by atoms with van der Waals surface area (Å²) in [6, 6.07) is 10.1. The summed E-state index contributed by atoms with van der Waals surface area (Å²) in [5.41, 5.74) is 0.727. The highest BCUT2D eigenvalue weighted by atomic mass is 32.1. The predicted octanol–water partition coefficient (Wildman–Crippen LogP) is 2.90. The third-order valence-corrected chi connectivity index (χ3v) is 6.20. The number of aliphatic imine (C=N–C) groups is 1. The monoisotopic (exact) mass is 432 g/mol. The first kappa shape index (κ1) is 22.4. The number of morpholine rings is 1. The molecule has 2 aromatic rings. The first-order valence-corrected chi connectivity index (χ1v) is 11.2. The zero-order valence-corrected chi connectivity index (χ0v) is 18.8. The first-order valence-electron chi connectivity index (χ1n) is 10.4. The van der Waals surface area contributed by atoms with E-state index in [-0.39, 0.29) is 11.8 Å².